The molecule has 0 aliphatic rings. The van der Waals surface area contributed by atoms with Gasteiger partial charge in [0.05, 0.1) is 25.3 Å². The van der Waals surface area contributed by atoms with E-state index in [0.29, 0.717) is 12.3 Å². The van der Waals surface area contributed by atoms with E-state index in [1.807, 2.05) is 0 Å². The van der Waals surface area contributed by atoms with Crippen molar-refractivity contribution in [2.45, 2.75) is 25.9 Å². The lowest BCUT2D eigenvalue weighted by molar-refractivity contribution is -0.137. The minimum Gasteiger partial charge on any atom is -0.481 e. The van der Waals surface area contributed by atoms with Gasteiger partial charge >= 0.3 is 5.97 Å². The van der Waals surface area contributed by atoms with Crippen molar-refractivity contribution >= 4 is 11.9 Å². The van der Waals surface area contributed by atoms with Crippen LogP contribution in [0.4, 0.5) is 0 Å². The molecule has 0 aliphatic carbocycles. The molecule has 0 aliphatic heterocycles. The molecule has 1 aromatic rings. The molecular weight excluding hydrogens is 224 g/mol. The number of furan rings is 1. The van der Waals surface area contributed by atoms with Crippen molar-refractivity contribution in [2.24, 2.45) is 0 Å². The third-order valence-corrected chi connectivity index (χ3v) is 2.20. The van der Waals surface area contributed by atoms with E-state index in [0.717, 1.165) is 0 Å². The van der Waals surface area contributed by atoms with Crippen LogP contribution in [0.1, 0.15) is 19.1 Å². The van der Waals surface area contributed by atoms with Gasteiger partial charge in [-0.2, -0.15) is 0 Å². The van der Waals surface area contributed by atoms with E-state index in [2.05, 4.69) is 10.6 Å². The maximum atomic E-state index is 11.6. The van der Waals surface area contributed by atoms with Crippen molar-refractivity contribution in [1.29, 1.82) is 0 Å². The van der Waals surface area contributed by atoms with Gasteiger partial charge in [0.2, 0.25) is 5.91 Å². The number of carbonyl (C=O) groups is 2. The van der Waals surface area contributed by atoms with Crippen LogP contribution in [-0.4, -0.2) is 29.6 Å². The number of rotatable bonds is 7. The molecule has 0 spiro atoms. The number of carboxylic acids is 1. The van der Waals surface area contributed by atoms with Gasteiger partial charge in [0.15, 0.2) is 0 Å². The monoisotopic (exact) mass is 240 g/mol. The second-order valence-electron chi connectivity index (χ2n) is 3.62. The number of amides is 1. The van der Waals surface area contributed by atoms with Crippen LogP contribution in [0, 0.1) is 0 Å². The normalized spacial score (nSPS) is 12.1. The van der Waals surface area contributed by atoms with Gasteiger partial charge in [0.1, 0.15) is 5.76 Å². The first-order valence-electron chi connectivity index (χ1n) is 5.35. The fourth-order valence-electron chi connectivity index (χ4n) is 1.23. The van der Waals surface area contributed by atoms with E-state index in [4.69, 9.17) is 9.52 Å². The van der Waals surface area contributed by atoms with Gasteiger partial charge < -0.3 is 20.2 Å². The molecule has 6 heteroatoms. The number of carbonyl (C=O) groups excluding carboxylic acids is 1. The molecule has 0 bridgehead atoms. The van der Waals surface area contributed by atoms with Gasteiger partial charge in [-0.3, -0.25) is 9.59 Å². The van der Waals surface area contributed by atoms with Crippen LogP contribution < -0.4 is 10.6 Å². The van der Waals surface area contributed by atoms with E-state index in [1.54, 1.807) is 19.1 Å². The summed E-state index contributed by atoms with van der Waals surface area (Å²) in [6.07, 6.45) is 1.53. The van der Waals surface area contributed by atoms with E-state index in [-0.39, 0.29) is 18.9 Å². The first-order valence-corrected chi connectivity index (χ1v) is 5.35. The van der Waals surface area contributed by atoms with Crippen LogP contribution in [0.2, 0.25) is 0 Å². The Bertz CT molecular complexity index is 362. The molecule has 1 rings (SSSR count). The predicted octanol–water partition coefficient (Wildman–Crippen LogP) is 0.349. The zero-order valence-corrected chi connectivity index (χ0v) is 9.60. The smallest absolute Gasteiger partial charge is 0.304 e. The van der Waals surface area contributed by atoms with Crippen molar-refractivity contribution in [3.8, 4) is 0 Å². The van der Waals surface area contributed by atoms with Crippen molar-refractivity contribution in [1.82, 2.24) is 10.6 Å². The first kappa shape index (κ1) is 13.2. The molecule has 17 heavy (non-hydrogen) atoms. The highest BCUT2D eigenvalue weighted by Gasteiger charge is 2.12. The first-order chi connectivity index (χ1) is 8.09. The number of hydrogen-bond acceptors (Lipinski definition) is 4. The summed E-state index contributed by atoms with van der Waals surface area (Å²) >= 11 is 0. The SMILES string of the molecule is CC(NCCC(=O)O)C(=O)NCc1ccco1. The largest absolute Gasteiger partial charge is 0.481 e. The molecular formula is C11H16N2O4. The topological polar surface area (TPSA) is 91.6 Å². The molecule has 1 heterocycles. The zero-order valence-electron chi connectivity index (χ0n) is 9.60. The molecule has 1 atom stereocenters. The van der Waals surface area contributed by atoms with Gasteiger partial charge in [-0.25, -0.2) is 0 Å². The fourth-order valence-corrected chi connectivity index (χ4v) is 1.23. The lowest BCUT2D eigenvalue weighted by atomic mass is 10.3. The van der Waals surface area contributed by atoms with Gasteiger partial charge in [0, 0.05) is 6.54 Å². The third-order valence-electron chi connectivity index (χ3n) is 2.20. The van der Waals surface area contributed by atoms with Crippen molar-refractivity contribution < 1.29 is 19.1 Å². The minimum atomic E-state index is -0.888. The van der Waals surface area contributed by atoms with E-state index in [1.165, 1.54) is 6.26 Å². The van der Waals surface area contributed by atoms with Gasteiger partial charge in [-0.15, -0.1) is 0 Å². The van der Waals surface area contributed by atoms with Crippen LogP contribution in [0.3, 0.4) is 0 Å². The molecule has 0 fully saturated rings. The molecule has 0 radical (unpaired) electrons. The quantitative estimate of drug-likeness (QED) is 0.639. The molecule has 0 saturated carbocycles. The fraction of sp³-hybridized carbons (Fsp3) is 0.455. The number of carboxylic acid groups (broad SMARTS) is 1. The summed E-state index contributed by atoms with van der Waals surface area (Å²) in [6, 6.07) is 3.09. The standard InChI is InChI=1S/C11H16N2O4/c1-8(12-5-4-10(14)15)11(16)13-7-9-3-2-6-17-9/h2-3,6,8,12H,4-5,7H2,1H3,(H,13,16)(H,14,15). The summed E-state index contributed by atoms with van der Waals surface area (Å²) in [7, 11) is 0. The Morgan fingerprint density at radius 1 is 1.53 bits per heavy atom. The molecule has 0 aromatic carbocycles. The molecule has 1 unspecified atom stereocenters. The lowest BCUT2D eigenvalue weighted by Gasteiger charge is -2.12. The van der Waals surface area contributed by atoms with Crippen LogP contribution in [0.25, 0.3) is 0 Å². The maximum Gasteiger partial charge on any atom is 0.304 e. The maximum absolute atomic E-state index is 11.6. The average Bonchev–Trinajstić information content (AvgIpc) is 2.78. The Kier molecular flexibility index (Phi) is 5.22. The summed E-state index contributed by atoms with van der Waals surface area (Å²) in [4.78, 5) is 21.8. The Labute approximate surface area is 99.0 Å². The number of hydrogen-bond donors (Lipinski definition) is 3. The predicted molar refractivity (Wildman–Crippen MR) is 60.3 cm³/mol. The summed E-state index contributed by atoms with van der Waals surface area (Å²) in [5.41, 5.74) is 0. The molecule has 6 nitrogen and oxygen atoms in total. The van der Waals surface area contributed by atoms with E-state index >= 15 is 0 Å². The highest BCUT2D eigenvalue weighted by atomic mass is 16.4. The second-order valence-corrected chi connectivity index (χ2v) is 3.62. The molecule has 1 amide bonds. The molecule has 94 valence electrons. The van der Waals surface area contributed by atoms with Crippen LogP contribution in [-0.2, 0) is 16.1 Å². The molecule has 0 saturated heterocycles. The van der Waals surface area contributed by atoms with Gasteiger partial charge in [-0.1, -0.05) is 0 Å². The van der Waals surface area contributed by atoms with Gasteiger partial charge in [-0.05, 0) is 19.1 Å². The summed E-state index contributed by atoms with van der Waals surface area (Å²) in [6.45, 7) is 2.28. The Morgan fingerprint density at radius 3 is 2.88 bits per heavy atom. The average molecular weight is 240 g/mol. The van der Waals surface area contributed by atoms with E-state index in [9.17, 15) is 9.59 Å². The van der Waals surface area contributed by atoms with Crippen molar-refractivity contribution in [3.63, 3.8) is 0 Å². The van der Waals surface area contributed by atoms with Crippen LogP contribution in [0.5, 0.6) is 0 Å². The van der Waals surface area contributed by atoms with Crippen molar-refractivity contribution in [2.75, 3.05) is 6.54 Å². The van der Waals surface area contributed by atoms with Crippen LogP contribution in [0.15, 0.2) is 22.8 Å². The summed E-state index contributed by atoms with van der Waals surface area (Å²) < 4.78 is 5.06. The van der Waals surface area contributed by atoms with Crippen molar-refractivity contribution in [3.05, 3.63) is 24.2 Å². The lowest BCUT2D eigenvalue weighted by Crippen LogP contribution is -2.42. The highest BCUT2D eigenvalue weighted by molar-refractivity contribution is 5.81. The van der Waals surface area contributed by atoms with Crippen LogP contribution >= 0.6 is 0 Å². The Hall–Kier alpha value is -1.82. The summed E-state index contributed by atoms with van der Waals surface area (Å²) in [5, 5.41) is 13.9. The zero-order chi connectivity index (χ0) is 12.7. The second kappa shape index (κ2) is 6.70. The highest BCUT2D eigenvalue weighted by Crippen LogP contribution is 1.98. The minimum absolute atomic E-state index is 0.00416. The number of nitrogens with one attached hydrogen (secondary N) is 2. The number of aliphatic carboxylic acids is 1. The third kappa shape index (κ3) is 5.17. The van der Waals surface area contributed by atoms with Gasteiger partial charge in [0.25, 0.3) is 0 Å². The Balaban J connectivity index is 2.20. The molecule has 3 N–H and O–H groups in total. The van der Waals surface area contributed by atoms with E-state index < -0.39 is 12.0 Å². The summed E-state index contributed by atoms with van der Waals surface area (Å²) in [5.74, 6) is -0.399. The molecule has 1 aromatic heterocycles. The Morgan fingerprint density at radius 2 is 2.29 bits per heavy atom.